The molecule has 1 N–H and O–H groups in total. The minimum absolute atomic E-state index is 0.319. The fourth-order valence-corrected chi connectivity index (χ4v) is 3.94. The van der Waals surface area contributed by atoms with Gasteiger partial charge in [-0.2, -0.15) is 0 Å². The zero-order valence-electron chi connectivity index (χ0n) is 12.8. The SMILES string of the molecule is CCOc1ccc(Br)cc1C(NC)C1(C)CCCCC1. The third kappa shape index (κ3) is 3.37. The highest BCUT2D eigenvalue weighted by molar-refractivity contribution is 9.10. The number of benzene rings is 1. The molecule has 2 nitrogen and oxygen atoms in total. The van der Waals surface area contributed by atoms with E-state index in [1.54, 1.807) is 0 Å². The normalized spacial score (nSPS) is 19.6. The minimum atomic E-state index is 0.319. The summed E-state index contributed by atoms with van der Waals surface area (Å²) in [7, 11) is 2.07. The van der Waals surface area contributed by atoms with Crippen LogP contribution in [0, 0.1) is 5.41 Å². The predicted octanol–water partition coefficient (Wildman–Crippen LogP) is 5.08. The largest absolute Gasteiger partial charge is 0.494 e. The van der Waals surface area contributed by atoms with Crippen LogP contribution in [-0.4, -0.2) is 13.7 Å². The summed E-state index contributed by atoms with van der Waals surface area (Å²) in [5.41, 5.74) is 1.60. The summed E-state index contributed by atoms with van der Waals surface area (Å²) in [4.78, 5) is 0. The van der Waals surface area contributed by atoms with Gasteiger partial charge in [-0.1, -0.05) is 42.1 Å². The molecule has 1 atom stereocenters. The third-order valence-electron chi connectivity index (χ3n) is 4.56. The maximum atomic E-state index is 5.85. The van der Waals surface area contributed by atoms with Crippen molar-refractivity contribution in [1.82, 2.24) is 5.32 Å². The van der Waals surface area contributed by atoms with Gasteiger partial charge in [-0.25, -0.2) is 0 Å². The van der Waals surface area contributed by atoms with E-state index in [4.69, 9.17) is 4.74 Å². The highest BCUT2D eigenvalue weighted by atomic mass is 79.9. The van der Waals surface area contributed by atoms with E-state index in [1.807, 2.05) is 6.92 Å². The van der Waals surface area contributed by atoms with Gasteiger partial charge in [0.2, 0.25) is 0 Å². The summed E-state index contributed by atoms with van der Waals surface area (Å²) in [6.45, 7) is 5.17. The Bertz CT molecular complexity index is 441. The van der Waals surface area contributed by atoms with Crippen molar-refractivity contribution in [2.45, 2.75) is 52.0 Å². The molecule has 1 aromatic carbocycles. The molecule has 0 aliphatic heterocycles. The first-order chi connectivity index (χ1) is 9.60. The van der Waals surface area contributed by atoms with Crippen molar-refractivity contribution in [3.8, 4) is 5.75 Å². The van der Waals surface area contributed by atoms with Crippen LogP contribution in [0.25, 0.3) is 0 Å². The molecule has 1 fully saturated rings. The van der Waals surface area contributed by atoms with Crippen molar-refractivity contribution in [2.24, 2.45) is 5.41 Å². The number of hydrogen-bond donors (Lipinski definition) is 1. The zero-order valence-corrected chi connectivity index (χ0v) is 14.4. The lowest BCUT2D eigenvalue weighted by Gasteiger charge is -2.41. The van der Waals surface area contributed by atoms with Crippen LogP contribution < -0.4 is 10.1 Å². The van der Waals surface area contributed by atoms with Gasteiger partial charge in [0.05, 0.1) is 6.61 Å². The monoisotopic (exact) mass is 339 g/mol. The quantitative estimate of drug-likeness (QED) is 0.807. The summed E-state index contributed by atoms with van der Waals surface area (Å²) >= 11 is 3.60. The highest BCUT2D eigenvalue weighted by Gasteiger charge is 2.36. The number of halogens is 1. The lowest BCUT2D eigenvalue weighted by atomic mass is 9.68. The van der Waals surface area contributed by atoms with Gasteiger partial charge >= 0.3 is 0 Å². The van der Waals surface area contributed by atoms with Crippen LogP contribution in [0.3, 0.4) is 0 Å². The molecule has 1 aliphatic rings. The molecule has 1 aliphatic carbocycles. The van der Waals surface area contributed by atoms with Crippen LogP contribution in [0.2, 0.25) is 0 Å². The molecule has 2 rings (SSSR count). The van der Waals surface area contributed by atoms with E-state index in [0.29, 0.717) is 18.1 Å². The zero-order chi connectivity index (χ0) is 14.6. The van der Waals surface area contributed by atoms with E-state index in [-0.39, 0.29) is 0 Å². The van der Waals surface area contributed by atoms with Crippen LogP contribution in [0.4, 0.5) is 0 Å². The van der Waals surface area contributed by atoms with Gasteiger partial charge in [-0.05, 0) is 50.4 Å². The van der Waals surface area contributed by atoms with Gasteiger partial charge in [-0.3, -0.25) is 0 Å². The molecule has 1 saturated carbocycles. The number of ether oxygens (including phenoxy) is 1. The molecule has 20 heavy (non-hydrogen) atoms. The van der Waals surface area contributed by atoms with Crippen molar-refractivity contribution in [3.05, 3.63) is 28.2 Å². The smallest absolute Gasteiger partial charge is 0.124 e. The van der Waals surface area contributed by atoms with Crippen molar-refractivity contribution >= 4 is 15.9 Å². The Morgan fingerprint density at radius 3 is 2.60 bits per heavy atom. The van der Waals surface area contributed by atoms with Gasteiger partial charge in [-0.15, -0.1) is 0 Å². The molecule has 0 spiro atoms. The Kier molecular flexibility index (Phi) is 5.50. The second-order valence-electron chi connectivity index (χ2n) is 6.05. The molecule has 0 aromatic heterocycles. The number of rotatable bonds is 5. The Labute approximate surface area is 131 Å². The fourth-order valence-electron chi connectivity index (χ4n) is 3.56. The molecule has 0 bridgehead atoms. The molecule has 3 heteroatoms. The lowest BCUT2D eigenvalue weighted by molar-refractivity contribution is 0.147. The van der Waals surface area contributed by atoms with Crippen LogP contribution in [0.5, 0.6) is 5.75 Å². The second kappa shape index (κ2) is 6.95. The first-order valence-electron chi connectivity index (χ1n) is 7.70. The first-order valence-corrected chi connectivity index (χ1v) is 8.49. The molecule has 0 heterocycles. The van der Waals surface area contributed by atoms with E-state index >= 15 is 0 Å². The van der Waals surface area contributed by atoms with Gasteiger partial charge in [0.1, 0.15) is 5.75 Å². The fraction of sp³-hybridized carbons (Fsp3) is 0.647. The number of hydrogen-bond acceptors (Lipinski definition) is 2. The predicted molar refractivity (Wildman–Crippen MR) is 88.3 cm³/mol. The average molecular weight is 340 g/mol. The lowest BCUT2D eigenvalue weighted by Crippen LogP contribution is -2.36. The van der Waals surface area contributed by atoms with E-state index in [9.17, 15) is 0 Å². The van der Waals surface area contributed by atoms with Crippen LogP contribution in [-0.2, 0) is 0 Å². The van der Waals surface area contributed by atoms with E-state index in [0.717, 1.165) is 10.2 Å². The van der Waals surface area contributed by atoms with Gasteiger partial charge < -0.3 is 10.1 Å². The summed E-state index contributed by atoms with van der Waals surface area (Å²) in [5, 5.41) is 3.55. The summed E-state index contributed by atoms with van der Waals surface area (Å²) < 4.78 is 6.97. The van der Waals surface area contributed by atoms with Gasteiger partial charge in [0, 0.05) is 16.1 Å². The molecule has 0 amide bonds. The van der Waals surface area contributed by atoms with E-state index in [1.165, 1.54) is 37.7 Å². The minimum Gasteiger partial charge on any atom is -0.494 e. The van der Waals surface area contributed by atoms with Crippen LogP contribution in [0.15, 0.2) is 22.7 Å². The van der Waals surface area contributed by atoms with Gasteiger partial charge in [0.25, 0.3) is 0 Å². The molecule has 1 aromatic rings. The molecular formula is C17H26BrNO. The first kappa shape index (κ1) is 15.8. The standard InChI is InChI=1S/C17H26BrNO/c1-4-20-15-9-8-13(18)12-14(15)16(19-3)17(2)10-6-5-7-11-17/h8-9,12,16,19H,4-7,10-11H2,1-3H3. The Morgan fingerprint density at radius 1 is 1.30 bits per heavy atom. The van der Waals surface area contributed by atoms with Crippen molar-refractivity contribution in [1.29, 1.82) is 0 Å². The Hall–Kier alpha value is -0.540. The summed E-state index contributed by atoms with van der Waals surface area (Å²) in [6, 6.07) is 6.71. The second-order valence-corrected chi connectivity index (χ2v) is 6.97. The summed E-state index contributed by atoms with van der Waals surface area (Å²) in [6.07, 6.45) is 6.63. The molecule has 0 saturated heterocycles. The third-order valence-corrected chi connectivity index (χ3v) is 5.06. The van der Waals surface area contributed by atoms with Gasteiger partial charge in [0.15, 0.2) is 0 Å². The Balaban J connectivity index is 2.37. The molecule has 112 valence electrons. The van der Waals surface area contributed by atoms with Crippen LogP contribution >= 0.6 is 15.9 Å². The van der Waals surface area contributed by atoms with E-state index < -0.39 is 0 Å². The van der Waals surface area contributed by atoms with Crippen molar-refractivity contribution < 1.29 is 4.74 Å². The maximum Gasteiger partial charge on any atom is 0.124 e. The maximum absolute atomic E-state index is 5.85. The topological polar surface area (TPSA) is 21.3 Å². The molecule has 1 unspecified atom stereocenters. The highest BCUT2D eigenvalue weighted by Crippen LogP contribution is 2.47. The average Bonchev–Trinajstić information content (AvgIpc) is 2.43. The molecular weight excluding hydrogens is 314 g/mol. The molecule has 0 radical (unpaired) electrons. The van der Waals surface area contributed by atoms with Crippen molar-refractivity contribution in [2.75, 3.05) is 13.7 Å². The number of nitrogens with one attached hydrogen (secondary N) is 1. The van der Waals surface area contributed by atoms with Crippen LogP contribution in [0.1, 0.15) is 57.6 Å². The summed E-state index contributed by atoms with van der Waals surface area (Å²) in [5.74, 6) is 1.02. The van der Waals surface area contributed by atoms with E-state index in [2.05, 4.69) is 53.4 Å². The Morgan fingerprint density at radius 2 is 2.00 bits per heavy atom. The van der Waals surface area contributed by atoms with Crippen molar-refractivity contribution in [3.63, 3.8) is 0 Å².